The van der Waals surface area contributed by atoms with Crippen LogP contribution in [0.4, 0.5) is 10.1 Å². The lowest BCUT2D eigenvalue weighted by Crippen LogP contribution is -2.23. The largest absolute Gasteiger partial charge is 0.478 e. The van der Waals surface area contributed by atoms with Crippen molar-refractivity contribution in [2.24, 2.45) is 0 Å². The molecule has 1 saturated heterocycles. The van der Waals surface area contributed by atoms with Crippen molar-refractivity contribution >= 4 is 28.8 Å². The second kappa shape index (κ2) is 6.04. The van der Waals surface area contributed by atoms with Crippen molar-refractivity contribution in [3.8, 4) is 0 Å². The molecule has 4 rings (SSSR count). The molecule has 0 unspecified atom stereocenters. The van der Waals surface area contributed by atoms with Gasteiger partial charge in [-0.1, -0.05) is 11.6 Å². The molecule has 3 heterocycles. The highest BCUT2D eigenvalue weighted by atomic mass is 35.5. The summed E-state index contributed by atoms with van der Waals surface area (Å²) in [6.07, 6.45) is 4.89. The zero-order valence-electron chi connectivity index (χ0n) is 13.2. The number of halogens is 2. The minimum atomic E-state index is -1.02. The molecule has 7 heteroatoms. The molecule has 0 aliphatic carbocycles. The molecular weight excluding hydrogens is 345 g/mol. The van der Waals surface area contributed by atoms with Gasteiger partial charge >= 0.3 is 5.97 Å². The quantitative estimate of drug-likeness (QED) is 0.762. The highest BCUT2D eigenvalue weighted by Crippen LogP contribution is 2.39. The summed E-state index contributed by atoms with van der Waals surface area (Å²) in [7, 11) is 0. The predicted octanol–water partition coefficient (Wildman–Crippen LogP) is 4.17. The van der Waals surface area contributed by atoms with Gasteiger partial charge in [-0.15, -0.1) is 0 Å². The first-order valence-electron chi connectivity index (χ1n) is 7.97. The Labute approximate surface area is 148 Å². The monoisotopic (exact) mass is 359 g/mol. The maximum Gasteiger partial charge on any atom is 0.339 e. The van der Waals surface area contributed by atoms with Crippen LogP contribution < -0.4 is 4.90 Å². The SMILES string of the molecule is O=C(O)c1cnn2ccc(N3CCC[C@@H]3c3cc(F)ccc3Cl)cc12. The summed E-state index contributed by atoms with van der Waals surface area (Å²) < 4.78 is 15.2. The molecule has 0 radical (unpaired) electrons. The minimum Gasteiger partial charge on any atom is -0.478 e. The van der Waals surface area contributed by atoms with Gasteiger partial charge in [-0.05, 0) is 48.7 Å². The summed E-state index contributed by atoms with van der Waals surface area (Å²) in [5.41, 5.74) is 2.31. The van der Waals surface area contributed by atoms with Crippen LogP contribution in [-0.2, 0) is 0 Å². The summed E-state index contributed by atoms with van der Waals surface area (Å²) in [6, 6.07) is 8.06. The van der Waals surface area contributed by atoms with E-state index in [4.69, 9.17) is 11.6 Å². The van der Waals surface area contributed by atoms with Gasteiger partial charge in [0.15, 0.2) is 0 Å². The molecule has 0 bridgehead atoms. The average molecular weight is 360 g/mol. The number of hydrogen-bond donors (Lipinski definition) is 1. The molecule has 1 aromatic carbocycles. The van der Waals surface area contributed by atoms with Crippen LogP contribution in [0.25, 0.3) is 5.52 Å². The summed E-state index contributed by atoms with van der Waals surface area (Å²) in [4.78, 5) is 13.5. The second-order valence-electron chi connectivity index (χ2n) is 6.10. The number of anilines is 1. The van der Waals surface area contributed by atoms with Gasteiger partial charge in [-0.25, -0.2) is 13.7 Å². The third kappa shape index (κ3) is 2.72. The smallest absolute Gasteiger partial charge is 0.339 e. The number of pyridine rings is 1. The molecule has 128 valence electrons. The van der Waals surface area contributed by atoms with Crippen LogP contribution in [-0.4, -0.2) is 27.2 Å². The van der Waals surface area contributed by atoms with E-state index in [0.717, 1.165) is 30.6 Å². The minimum absolute atomic E-state index is 0.0400. The third-order valence-electron chi connectivity index (χ3n) is 4.64. The van der Waals surface area contributed by atoms with Crippen molar-refractivity contribution in [3.63, 3.8) is 0 Å². The maximum atomic E-state index is 13.7. The number of aromatic nitrogens is 2. The molecule has 1 aliphatic rings. The number of fused-ring (bicyclic) bond motifs is 1. The van der Waals surface area contributed by atoms with Crippen LogP contribution in [0.2, 0.25) is 5.02 Å². The van der Waals surface area contributed by atoms with Gasteiger partial charge in [-0.2, -0.15) is 5.10 Å². The predicted molar refractivity (Wildman–Crippen MR) is 92.9 cm³/mol. The standard InChI is InChI=1S/C18H15ClFN3O2/c19-15-4-3-11(20)8-13(15)16-2-1-6-22(16)12-5-7-23-17(9-12)14(10-21-23)18(24)25/h3-5,7-10,16H,1-2,6H2,(H,24,25)/t16-/m1/s1. The molecule has 1 fully saturated rings. The number of nitrogens with zero attached hydrogens (tertiary/aromatic N) is 3. The Kier molecular flexibility index (Phi) is 3.84. The van der Waals surface area contributed by atoms with E-state index in [1.807, 2.05) is 12.1 Å². The van der Waals surface area contributed by atoms with Crippen molar-refractivity contribution in [2.75, 3.05) is 11.4 Å². The van der Waals surface area contributed by atoms with Crippen molar-refractivity contribution in [1.29, 1.82) is 0 Å². The summed E-state index contributed by atoms with van der Waals surface area (Å²) in [5.74, 6) is -1.33. The summed E-state index contributed by atoms with van der Waals surface area (Å²) in [5, 5.41) is 13.9. The van der Waals surface area contributed by atoms with Crippen molar-refractivity contribution in [2.45, 2.75) is 18.9 Å². The number of benzene rings is 1. The van der Waals surface area contributed by atoms with Gasteiger partial charge in [0.25, 0.3) is 0 Å². The number of carbonyl (C=O) groups is 1. The Balaban J connectivity index is 1.77. The van der Waals surface area contributed by atoms with E-state index in [9.17, 15) is 14.3 Å². The normalized spacial score (nSPS) is 17.4. The fraction of sp³-hybridized carbons (Fsp3) is 0.222. The van der Waals surface area contributed by atoms with E-state index < -0.39 is 5.97 Å². The molecule has 1 aliphatic heterocycles. The van der Waals surface area contributed by atoms with Crippen LogP contribution in [0.3, 0.4) is 0 Å². The van der Waals surface area contributed by atoms with Crippen molar-refractivity contribution in [1.82, 2.24) is 9.61 Å². The van der Waals surface area contributed by atoms with Crippen LogP contribution in [0.5, 0.6) is 0 Å². The van der Waals surface area contributed by atoms with Crippen LogP contribution in [0.15, 0.2) is 42.7 Å². The Morgan fingerprint density at radius 2 is 2.16 bits per heavy atom. The number of hydrogen-bond acceptors (Lipinski definition) is 3. The van der Waals surface area contributed by atoms with Crippen molar-refractivity contribution in [3.05, 3.63) is 64.7 Å². The van der Waals surface area contributed by atoms with E-state index in [0.29, 0.717) is 10.5 Å². The molecule has 0 spiro atoms. The van der Waals surface area contributed by atoms with E-state index in [2.05, 4.69) is 10.00 Å². The van der Waals surface area contributed by atoms with E-state index in [-0.39, 0.29) is 17.4 Å². The average Bonchev–Trinajstić information content (AvgIpc) is 3.22. The van der Waals surface area contributed by atoms with Crippen LogP contribution >= 0.6 is 11.6 Å². The first-order chi connectivity index (χ1) is 12.0. The Bertz CT molecular complexity index is 972. The highest BCUT2D eigenvalue weighted by molar-refractivity contribution is 6.31. The van der Waals surface area contributed by atoms with E-state index in [1.54, 1.807) is 12.3 Å². The molecule has 0 amide bonds. The third-order valence-corrected chi connectivity index (χ3v) is 4.98. The van der Waals surface area contributed by atoms with Gasteiger partial charge in [-0.3, -0.25) is 0 Å². The van der Waals surface area contributed by atoms with Crippen molar-refractivity contribution < 1.29 is 14.3 Å². The first-order valence-corrected chi connectivity index (χ1v) is 8.34. The summed E-state index contributed by atoms with van der Waals surface area (Å²) in [6.45, 7) is 0.796. The molecular formula is C18H15ClFN3O2. The van der Waals surface area contributed by atoms with Gasteiger partial charge in [0.2, 0.25) is 0 Å². The number of aromatic carboxylic acids is 1. The Morgan fingerprint density at radius 1 is 1.32 bits per heavy atom. The Hall–Kier alpha value is -2.60. The molecule has 1 atom stereocenters. The fourth-order valence-electron chi connectivity index (χ4n) is 3.48. The van der Waals surface area contributed by atoms with Gasteiger partial charge < -0.3 is 10.0 Å². The van der Waals surface area contributed by atoms with E-state index in [1.165, 1.54) is 22.8 Å². The lowest BCUT2D eigenvalue weighted by Gasteiger charge is -2.28. The number of carboxylic acid groups (broad SMARTS) is 1. The molecule has 0 saturated carbocycles. The zero-order valence-corrected chi connectivity index (χ0v) is 13.9. The summed E-state index contributed by atoms with van der Waals surface area (Å²) >= 11 is 6.29. The number of carboxylic acids is 1. The molecule has 1 N–H and O–H groups in total. The lowest BCUT2D eigenvalue weighted by atomic mass is 10.0. The Morgan fingerprint density at radius 3 is 2.96 bits per heavy atom. The second-order valence-corrected chi connectivity index (χ2v) is 6.50. The first kappa shape index (κ1) is 15.9. The lowest BCUT2D eigenvalue weighted by molar-refractivity contribution is 0.0699. The number of rotatable bonds is 3. The van der Waals surface area contributed by atoms with E-state index >= 15 is 0 Å². The topological polar surface area (TPSA) is 57.8 Å². The molecule has 25 heavy (non-hydrogen) atoms. The molecule has 5 nitrogen and oxygen atoms in total. The van der Waals surface area contributed by atoms with Crippen LogP contribution in [0.1, 0.15) is 34.8 Å². The molecule has 3 aromatic rings. The van der Waals surface area contributed by atoms with Gasteiger partial charge in [0, 0.05) is 23.5 Å². The van der Waals surface area contributed by atoms with Gasteiger partial charge in [0.05, 0.1) is 17.8 Å². The fourth-order valence-corrected chi connectivity index (χ4v) is 3.73. The van der Waals surface area contributed by atoms with Gasteiger partial charge in [0.1, 0.15) is 11.4 Å². The van der Waals surface area contributed by atoms with Crippen LogP contribution in [0, 0.1) is 5.82 Å². The maximum absolute atomic E-state index is 13.7. The highest BCUT2D eigenvalue weighted by Gasteiger charge is 2.28. The zero-order chi connectivity index (χ0) is 17.6. The molecule has 2 aromatic heterocycles.